The highest BCUT2D eigenvalue weighted by Gasteiger charge is 2.35. The van der Waals surface area contributed by atoms with Crippen molar-refractivity contribution in [1.29, 1.82) is 5.26 Å². The molecular weight excluding hydrogens is 1070 g/mol. The summed E-state index contributed by atoms with van der Waals surface area (Å²) in [6.45, 7) is 19.2. The zero-order chi connectivity index (χ0) is 59.3. The first-order valence-electron chi connectivity index (χ1n) is 30.7. The highest BCUT2D eigenvalue weighted by atomic mass is 15.1. The van der Waals surface area contributed by atoms with Crippen LogP contribution >= 0.6 is 0 Å². The van der Waals surface area contributed by atoms with Gasteiger partial charge in [-0.1, -0.05) is 204 Å². The molecule has 0 spiro atoms. The Kier molecular flexibility index (Phi) is 12.4. The van der Waals surface area contributed by atoms with Crippen molar-refractivity contribution in [2.75, 3.05) is 0 Å². The largest absolute Gasteiger partial charge is 0.318 e. The molecule has 0 aliphatic heterocycles. The summed E-state index contributed by atoms with van der Waals surface area (Å²) >= 11 is 0. The van der Waals surface area contributed by atoms with Crippen molar-refractivity contribution in [1.82, 2.24) is 18.3 Å². The Hall–Kier alpha value is -11.2. The lowest BCUT2D eigenvalue weighted by Gasteiger charge is -2.27. The van der Waals surface area contributed by atoms with Crippen molar-refractivity contribution in [3.8, 4) is 62.2 Å². The standard InChI is InChI=1S/C82H60N6/c1-6-51(3)56-35-40-76-67(45-56)68-46-57(52(4)7-2)36-41-77(68)85(76)79-69(50-83)80(86-70-32-20-17-29-61(70)64-47-58(37-42-73(64)86)53-23-11-8-12-24-53)82(88-72-34-22-19-31-63(72)66-49-60(39-44-75(66)88)55-27-15-10-16-28-55)81(78(79)84-5)87-71-33-21-18-30-62(71)65-48-59(38-43-74(65)87)54-25-13-9-14-26-54/h8-49,51-52H,6-7H2,1-4H3. The van der Waals surface area contributed by atoms with Crippen molar-refractivity contribution >= 4 is 92.9 Å². The second-order valence-corrected chi connectivity index (χ2v) is 23.7. The minimum absolute atomic E-state index is 0.317. The van der Waals surface area contributed by atoms with Crippen LogP contribution in [0.4, 0.5) is 5.69 Å². The van der Waals surface area contributed by atoms with Crippen molar-refractivity contribution in [3.05, 3.63) is 283 Å². The summed E-state index contributed by atoms with van der Waals surface area (Å²) in [5.41, 5.74) is 20.0. The van der Waals surface area contributed by atoms with Gasteiger partial charge < -0.3 is 18.3 Å². The summed E-state index contributed by atoms with van der Waals surface area (Å²) in [5.74, 6) is 0.633. The highest BCUT2D eigenvalue weighted by molar-refractivity contribution is 6.18. The third kappa shape index (κ3) is 7.93. The van der Waals surface area contributed by atoms with Gasteiger partial charge in [0.25, 0.3) is 0 Å². The van der Waals surface area contributed by atoms with Gasteiger partial charge in [-0.25, -0.2) is 4.85 Å². The average Bonchev–Trinajstić information content (AvgIpc) is 1.47. The van der Waals surface area contributed by atoms with Crippen LogP contribution in [-0.4, -0.2) is 18.3 Å². The first kappa shape index (κ1) is 52.4. The van der Waals surface area contributed by atoms with E-state index in [0.717, 1.165) is 133 Å². The van der Waals surface area contributed by atoms with Crippen LogP contribution in [0.1, 0.15) is 69.1 Å². The first-order chi connectivity index (χ1) is 43.3. The second-order valence-electron chi connectivity index (χ2n) is 23.7. The molecule has 4 aromatic heterocycles. The minimum Gasteiger partial charge on any atom is -0.318 e. The zero-order valence-electron chi connectivity index (χ0n) is 49.5. The van der Waals surface area contributed by atoms with E-state index < -0.39 is 0 Å². The number of hydrogen-bond acceptors (Lipinski definition) is 1. The van der Waals surface area contributed by atoms with Gasteiger partial charge in [0.15, 0.2) is 0 Å². The molecule has 0 fully saturated rings. The van der Waals surface area contributed by atoms with Crippen LogP contribution in [0.5, 0.6) is 0 Å². The molecule has 16 rings (SSSR count). The lowest BCUT2D eigenvalue weighted by molar-refractivity contribution is 0.734. The van der Waals surface area contributed by atoms with E-state index in [9.17, 15) is 11.8 Å². The molecule has 88 heavy (non-hydrogen) atoms. The minimum atomic E-state index is 0.317. The van der Waals surface area contributed by atoms with Crippen molar-refractivity contribution in [2.45, 2.75) is 52.4 Å². The molecule has 0 N–H and O–H groups in total. The molecule has 12 aromatic carbocycles. The molecule has 16 aromatic rings. The second kappa shape index (κ2) is 20.8. The van der Waals surface area contributed by atoms with Crippen molar-refractivity contribution in [2.24, 2.45) is 0 Å². The topological polar surface area (TPSA) is 47.9 Å². The van der Waals surface area contributed by atoms with Crippen LogP contribution in [0.25, 0.3) is 148 Å². The number of rotatable bonds is 11. The van der Waals surface area contributed by atoms with Gasteiger partial charge in [0, 0.05) is 43.1 Å². The Labute approximate surface area is 511 Å². The SMILES string of the molecule is [C-]#[N+]c1c(-n2c3ccc(C(C)CC)cc3c3cc(C(C)CC)ccc32)c(C#N)c(-n2c3ccccc3c3cc(-c4ccccc4)ccc32)c(-n2c3ccccc3c3cc(-c4ccccc4)ccc32)c1-n1c2ccccc2c2cc(-c3ccccc3)ccc21. The normalized spacial score (nSPS) is 12.5. The summed E-state index contributed by atoms with van der Waals surface area (Å²) < 4.78 is 9.36. The monoisotopic (exact) mass is 1130 g/mol. The fraction of sp³-hybridized carbons (Fsp3) is 0.0976. The molecule has 0 aliphatic carbocycles. The van der Waals surface area contributed by atoms with Gasteiger partial charge in [0.2, 0.25) is 5.69 Å². The van der Waals surface area contributed by atoms with Crippen molar-refractivity contribution in [3.63, 3.8) is 0 Å². The molecule has 6 nitrogen and oxygen atoms in total. The van der Waals surface area contributed by atoms with Crippen LogP contribution in [0.2, 0.25) is 0 Å². The summed E-state index contributed by atoms with van der Waals surface area (Å²) in [5, 5.41) is 21.4. The van der Waals surface area contributed by atoms with E-state index in [4.69, 9.17) is 4.85 Å². The van der Waals surface area contributed by atoms with Crippen molar-refractivity contribution < 1.29 is 0 Å². The third-order valence-electron chi connectivity index (χ3n) is 19.0. The number of nitriles is 1. The van der Waals surface area contributed by atoms with E-state index in [2.05, 4.69) is 307 Å². The number of hydrogen-bond donors (Lipinski definition) is 0. The van der Waals surface area contributed by atoms with E-state index >= 15 is 0 Å². The number of para-hydroxylation sites is 3. The van der Waals surface area contributed by atoms with Gasteiger partial charge in [0.1, 0.15) is 6.07 Å². The summed E-state index contributed by atoms with van der Waals surface area (Å²) in [6.07, 6.45) is 1.98. The lowest BCUT2D eigenvalue weighted by atomic mass is 9.95. The molecule has 2 unspecified atom stereocenters. The third-order valence-corrected chi connectivity index (χ3v) is 19.0. The molecular formula is C82H60N6. The van der Waals surface area contributed by atoms with Gasteiger partial charge in [-0.3, -0.25) is 0 Å². The maximum Gasteiger partial charge on any atom is 0.237 e. The van der Waals surface area contributed by atoms with Crippen LogP contribution in [0.3, 0.4) is 0 Å². The summed E-state index contributed by atoms with van der Waals surface area (Å²) in [6, 6.07) is 94.7. The van der Waals surface area contributed by atoms with E-state index in [1.165, 1.54) is 11.1 Å². The van der Waals surface area contributed by atoms with Gasteiger partial charge in [0.05, 0.1) is 79.0 Å². The molecule has 2 atom stereocenters. The van der Waals surface area contributed by atoms with Gasteiger partial charge in [-0.2, -0.15) is 5.26 Å². The molecule has 4 heterocycles. The predicted molar refractivity (Wildman–Crippen MR) is 368 cm³/mol. The zero-order valence-corrected chi connectivity index (χ0v) is 49.5. The molecule has 0 saturated carbocycles. The Morgan fingerprint density at radius 2 is 0.636 bits per heavy atom. The number of benzene rings is 12. The fourth-order valence-electron chi connectivity index (χ4n) is 14.2. The fourth-order valence-corrected chi connectivity index (χ4v) is 14.2. The van der Waals surface area contributed by atoms with Crippen LogP contribution in [0.15, 0.2) is 255 Å². The highest BCUT2D eigenvalue weighted by Crippen LogP contribution is 2.53. The maximum atomic E-state index is 12.9. The molecule has 0 aliphatic rings. The number of fused-ring (bicyclic) bond motifs is 12. The Balaban J connectivity index is 1.17. The van der Waals surface area contributed by atoms with Crippen LogP contribution in [-0.2, 0) is 0 Å². The quantitative estimate of drug-likeness (QED) is 0.119. The Bertz CT molecular complexity index is 5320. The Morgan fingerprint density at radius 1 is 0.330 bits per heavy atom. The first-order valence-corrected chi connectivity index (χ1v) is 30.7. The molecule has 418 valence electrons. The molecule has 0 amide bonds. The van der Waals surface area contributed by atoms with E-state index in [0.29, 0.717) is 45.8 Å². The van der Waals surface area contributed by atoms with E-state index in [1.54, 1.807) is 0 Å². The molecule has 0 saturated heterocycles. The lowest BCUT2D eigenvalue weighted by Crippen LogP contribution is -2.14. The van der Waals surface area contributed by atoms with Gasteiger partial charge >= 0.3 is 0 Å². The average molecular weight is 1130 g/mol. The summed E-state index contributed by atoms with van der Waals surface area (Å²) in [4.78, 5) is 4.91. The van der Waals surface area contributed by atoms with Crippen LogP contribution < -0.4 is 0 Å². The smallest absolute Gasteiger partial charge is 0.237 e. The van der Waals surface area contributed by atoms with E-state index in [-0.39, 0.29) is 0 Å². The molecule has 6 heteroatoms. The molecule has 0 bridgehead atoms. The Morgan fingerprint density at radius 3 is 1.00 bits per heavy atom. The van der Waals surface area contributed by atoms with Crippen LogP contribution in [0, 0.1) is 17.9 Å². The number of nitrogens with zero attached hydrogens (tertiary/aromatic N) is 6. The van der Waals surface area contributed by atoms with Gasteiger partial charge in [-0.15, -0.1) is 0 Å². The predicted octanol–water partition coefficient (Wildman–Crippen LogP) is 22.5. The maximum absolute atomic E-state index is 12.9. The van der Waals surface area contributed by atoms with Gasteiger partial charge in [-0.05, 0) is 148 Å². The van der Waals surface area contributed by atoms with E-state index in [1.807, 2.05) is 0 Å². The summed E-state index contributed by atoms with van der Waals surface area (Å²) in [7, 11) is 0. The molecule has 0 radical (unpaired) electrons. The number of aromatic nitrogens is 4.